The van der Waals surface area contributed by atoms with Crippen LogP contribution in [0.4, 0.5) is 4.79 Å². The number of carbonyl (C=O) groups is 2. The molecule has 0 N–H and O–H groups in total. The Balaban J connectivity index is 2.61. The number of piperidine rings is 1. The third kappa shape index (κ3) is 5.51. The van der Waals surface area contributed by atoms with Gasteiger partial charge in [0.1, 0.15) is 5.60 Å². The maximum absolute atomic E-state index is 12.3. The average Bonchev–Trinajstić information content (AvgIpc) is 2.37. The van der Waals surface area contributed by atoms with E-state index in [9.17, 15) is 9.59 Å². The smallest absolute Gasteiger partial charge is 0.410 e. The van der Waals surface area contributed by atoms with E-state index in [4.69, 9.17) is 4.74 Å². The molecule has 4 nitrogen and oxygen atoms in total. The number of hydrogen-bond acceptors (Lipinski definition) is 3. The largest absolute Gasteiger partial charge is 0.444 e. The van der Waals surface area contributed by atoms with Gasteiger partial charge >= 0.3 is 6.09 Å². The summed E-state index contributed by atoms with van der Waals surface area (Å²) in [5.74, 6) is 0.198. The molecule has 20 heavy (non-hydrogen) atoms. The number of nitrogens with zero attached hydrogens (tertiary/aromatic N) is 1. The summed E-state index contributed by atoms with van der Waals surface area (Å²) in [7, 11) is 0. The predicted octanol–water partition coefficient (Wildman–Crippen LogP) is 3.93. The fraction of sp³-hybridized carbons (Fsp3) is 0.875. The fourth-order valence-corrected chi connectivity index (χ4v) is 2.52. The molecule has 4 heteroatoms. The minimum atomic E-state index is -0.510. The van der Waals surface area contributed by atoms with Crippen molar-refractivity contribution in [1.29, 1.82) is 0 Å². The van der Waals surface area contributed by atoms with Crippen LogP contribution in [0.2, 0.25) is 0 Å². The number of ether oxygens (including phenoxy) is 1. The number of Topliss-reactive ketones (excluding diaryl/α,β-unsaturated/α-hetero) is 1. The molecule has 0 saturated carbocycles. The van der Waals surface area contributed by atoms with E-state index in [-0.39, 0.29) is 17.9 Å². The number of carbonyl (C=O) groups excluding carboxylic acids is 2. The molecule has 1 saturated heterocycles. The van der Waals surface area contributed by atoms with E-state index >= 15 is 0 Å². The van der Waals surface area contributed by atoms with Gasteiger partial charge in [-0.05, 0) is 46.5 Å². The van der Waals surface area contributed by atoms with Crippen LogP contribution in [0, 0.1) is 0 Å². The molecule has 0 spiro atoms. The molecule has 1 heterocycles. The Kier molecular flexibility index (Phi) is 6.50. The van der Waals surface area contributed by atoms with Crippen molar-refractivity contribution in [2.45, 2.75) is 84.3 Å². The Bertz CT molecular complexity index is 333. The SMILES string of the molecule is CCCCCC(=O)C1CCCCN1C(=O)OC(C)(C)C. The molecule has 1 atom stereocenters. The van der Waals surface area contributed by atoms with E-state index in [1.54, 1.807) is 4.90 Å². The summed E-state index contributed by atoms with van der Waals surface area (Å²) < 4.78 is 5.42. The third-order valence-electron chi connectivity index (χ3n) is 3.53. The molecule has 0 aromatic carbocycles. The molecular weight excluding hydrogens is 254 g/mol. The van der Waals surface area contributed by atoms with Crippen LogP contribution in [0.5, 0.6) is 0 Å². The van der Waals surface area contributed by atoms with Crippen molar-refractivity contribution in [3.05, 3.63) is 0 Å². The quantitative estimate of drug-likeness (QED) is 0.718. The van der Waals surface area contributed by atoms with Gasteiger partial charge in [0.2, 0.25) is 0 Å². The first kappa shape index (κ1) is 17.0. The van der Waals surface area contributed by atoms with Gasteiger partial charge in [-0.3, -0.25) is 9.69 Å². The lowest BCUT2D eigenvalue weighted by atomic mass is 9.96. The Morgan fingerprint density at radius 1 is 1.20 bits per heavy atom. The topological polar surface area (TPSA) is 46.6 Å². The van der Waals surface area contributed by atoms with Crippen molar-refractivity contribution in [3.63, 3.8) is 0 Å². The average molecular weight is 283 g/mol. The molecule has 0 aromatic rings. The van der Waals surface area contributed by atoms with Crippen LogP contribution in [0.1, 0.15) is 72.6 Å². The van der Waals surface area contributed by atoms with Crippen LogP contribution < -0.4 is 0 Å². The lowest BCUT2D eigenvalue weighted by molar-refractivity contribution is -0.125. The van der Waals surface area contributed by atoms with E-state index in [0.29, 0.717) is 13.0 Å². The summed E-state index contributed by atoms with van der Waals surface area (Å²) in [6.07, 6.45) is 6.10. The number of unbranched alkanes of at least 4 members (excludes halogenated alkanes) is 2. The van der Waals surface area contributed by atoms with Gasteiger partial charge in [0.15, 0.2) is 5.78 Å². The van der Waals surface area contributed by atoms with Crippen molar-refractivity contribution in [1.82, 2.24) is 4.90 Å². The molecule has 0 bridgehead atoms. The van der Waals surface area contributed by atoms with Crippen LogP contribution in [-0.2, 0) is 9.53 Å². The number of rotatable bonds is 5. The van der Waals surface area contributed by atoms with Crippen LogP contribution in [-0.4, -0.2) is 35.0 Å². The molecule has 116 valence electrons. The van der Waals surface area contributed by atoms with Gasteiger partial charge < -0.3 is 4.74 Å². The van der Waals surface area contributed by atoms with Crippen molar-refractivity contribution in [2.75, 3.05) is 6.54 Å². The van der Waals surface area contributed by atoms with Gasteiger partial charge in [-0.2, -0.15) is 0 Å². The highest BCUT2D eigenvalue weighted by molar-refractivity contribution is 5.87. The molecule has 0 aliphatic carbocycles. The monoisotopic (exact) mass is 283 g/mol. The summed E-state index contributed by atoms with van der Waals surface area (Å²) in [6, 6.07) is -0.268. The summed E-state index contributed by atoms with van der Waals surface area (Å²) >= 11 is 0. The fourth-order valence-electron chi connectivity index (χ4n) is 2.52. The van der Waals surface area contributed by atoms with E-state index < -0.39 is 5.60 Å². The normalized spacial score (nSPS) is 19.8. The lowest BCUT2D eigenvalue weighted by Gasteiger charge is -2.35. The number of amides is 1. The van der Waals surface area contributed by atoms with Crippen molar-refractivity contribution >= 4 is 11.9 Å². The van der Waals surface area contributed by atoms with Gasteiger partial charge in [-0.25, -0.2) is 4.79 Å². The van der Waals surface area contributed by atoms with E-state index in [2.05, 4.69) is 6.92 Å². The summed E-state index contributed by atoms with van der Waals surface area (Å²) in [5, 5.41) is 0. The second-order valence-corrected chi connectivity index (χ2v) is 6.61. The van der Waals surface area contributed by atoms with E-state index in [1.165, 1.54) is 0 Å². The van der Waals surface area contributed by atoms with Crippen molar-refractivity contribution < 1.29 is 14.3 Å². The molecule has 1 amide bonds. The number of hydrogen-bond donors (Lipinski definition) is 0. The summed E-state index contributed by atoms with van der Waals surface area (Å²) in [6.45, 7) is 8.32. The third-order valence-corrected chi connectivity index (χ3v) is 3.53. The second-order valence-electron chi connectivity index (χ2n) is 6.61. The number of ketones is 1. The highest BCUT2D eigenvalue weighted by atomic mass is 16.6. The van der Waals surface area contributed by atoms with Crippen LogP contribution in [0.3, 0.4) is 0 Å². The van der Waals surface area contributed by atoms with Crippen LogP contribution in [0.25, 0.3) is 0 Å². The molecule has 1 aliphatic rings. The van der Waals surface area contributed by atoms with Gasteiger partial charge in [0.05, 0.1) is 6.04 Å². The molecule has 0 radical (unpaired) electrons. The second kappa shape index (κ2) is 7.65. The Hall–Kier alpha value is -1.06. The standard InChI is InChI=1S/C16H29NO3/c1-5-6-7-11-14(18)13-10-8-9-12-17(13)15(19)20-16(2,3)4/h13H,5-12H2,1-4H3. The first-order valence-corrected chi connectivity index (χ1v) is 7.87. The minimum absolute atomic E-state index is 0.198. The van der Waals surface area contributed by atoms with E-state index in [1.807, 2.05) is 20.8 Å². The lowest BCUT2D eigenvalue weighted by Crippen LogP contribution is -2.49. The zero-order chi connectivity index (χ0) is 15.2. The Labute approximate surface area is 122 Å². The van der Waals surface area contributed by atoms with Gasteiger partial charge in [-0.15, -0.1) is 0 Å². The molecule has 1 rings (SSSR count). The van der Waals surface area contributed by atoms with E-state index in [0.717, 1.165) is 38.5 Å². The maximum atomic E-state index is 12.3. The first-order valence-electron chi connectivity index (χ1n) is 7.87. The molecule has 0 aromatic heterocycles. The zero-order valence-electron chi connectivity index (χ0n) is 13.4. The zero-order valence-corrected chi connectivity index (χ0v) is 13.4. The highest BCUT2D eigenvalue weighted by Gasteiger charge is 2.34. The van der Waals surface area contributed by atoms with Gasteiger partial charge in [-0.1, -0.05) is 19.8 Å². The first-order chi connectivity index (χ1) is 9.35. The molecule has 1 unspecified atom stereocenters. The van der Waals surface area contributed by atoms with Gasteiger partial charge in [0.25, 0.3) is 0 Å². The summed E-state index contributed by atoms with van der Waals surface area (Å²) in [4.78, 5) is 26.2. The molecule has 1 aliphatic heterocycles. The van der Waals surface area contributed by atoms with Crippen LogP contribution in [0.15, 0.2) is 0 Å². The van der Waals surface area contributed by atoms with Crippen molar-refractivity contribution in [2.24, 2.45) is 0 Å². The highest BCUT2D eigenvalue weighted by Crippen LogP contribution is 2.22. The van der Waals surface area contributed by atoms with Crippen molar-refractivity contribution in [3.8, 4) is 0 Å². The Morgan fingerprint density at radius 3 is 2.50 bits per heavy atom. The Morgan fingerprint density at radius 2 is 1.90 bits per heavy atom. The summed E-state index contributed by atoms with van der Waals surface area (Å²) in [5.41, 5.74) is -0.510. The number of likely N-dealkylation sites (tertiary alicyclic amines) is 1. The minimum Gasteiger partial charge on any atom is -0.444 e. The predicted molar refractivity (Wildman–Crippen MR) is 79.7 cm³/mol. The molecular formula is C16H29NO3. The van der Waals surface area contributed by atoms with Crippen LogP contribution >= 0.6 is 0 Å². The van der Waals surface area contributed by atoms with Gasteiger partial charge in [0, 0.05) is 13.0 Å². The maximum Gasteiger partial charge on any atom is 0.410 e. The molecule has 1 fully saturated rings.